The van der Waals surface area contributed by atoms with E-state index in [1.54, 1.807) is 0 Å². The number of carbonyl (C=O) groups excluding carboxylic acids is 1. The Kier molecular flexibility index (Phi) is 2.89. The predicted molar refractivity (Wildman–Crippen MR) is 64.6 cm³/mol. The number of nitrogen functional groups attached to an aromatic ring is 1. The Hall–Kier alpha value is -1.69. The van der Waals surface area contributed by atoms with Gasteiger partial charge < -0.3 is 15.4 Å². The Bertz CT molecular complexity index is 524. The van der Waals surface area contributed by atoms with E-state index in [-0.39, 0.29) is 23.5 Å². The van der Waals surface area contributed by atoms with Gasteiger partial charge in [0.15, 0.2) is 5.82 Å². The maximum absolute atomic E-state index is 13.8. The molecule has 4 nitrogen and oxygen atoms in total. The van der Waals surface area contributed by atoms with Gasteiger partial charge in [-0.25, -0.2) is 8.78 Å². The zero-order chi connectivity index (χ0) is 13.6. The van der Waals surface area contributed by atoms with Gasteiger partial charge in [-0.2, -0.15) is 0 Å². The molecule has 0 aromatic heterocycles. The van der Waals surface area contributed by atoms with Crippen LogP contribution in [-0.4, -0.2) is 36.1 Å². The molecule has 0 saturated carbocycles. The molecule has 3 rings (SSSR count). The molecule has 1 amide bonds. The highest BCUT2D eigenvalue weighted by atomic mass is 19.1. The number of hydrogen-bond acceptors (Lipinski definition) is 3. The second-order valence-corrected chi connectivity index (χ2v) is 5.02. The summed E-state index contributed by atoms with van der Waals surface area (Å²) in [5.74, 6) is -2.09. The first-order chi connectivity index (χ1) is 9.04. The molecule has 2 heterocycles. The van der Waals surface area contributed by atoms with E-state index in [1.165, 1.54) is 4.90 Å². The van der Waals surface area contributed by atoms with Gasteiger partial charge in [-0.05, 0) is 25.0 Å². The van der Waals surface area contributed by atoms with E-state index in [4.69, 9.17) is 10.5 Å². The molecule has 2 aliphatic rings. The largest absolute Gasteiger partial charge is 0.396 e. The number of amides is 1. The maximum atomic E-state index is 13.8. The molecule has 1 aromatic rings. The molecule has 0 radical (unpaired) electrons. The number of likely N-dealkylation sites (tertiary alicyclic amines) is 1. The smallest absolute Gasteiger partial charge is 0.257 e. The number of anilines is 1. The van der Waals surface area contributed by atoms with E-state index in [0.717, 1.165) is 25.0 Å². The minimum Gasteiger partial charge on any atom is -0.396 e. The lowest BCUT2D eigenvalue weighted by Gasteiger charge is -2.32. The van der Waals surface area contributed by atoms with Gasteiger partial charge in [0.25, 0.3) is 5.91 Å². The standard InChI is InChI=1S/C13H14F2N2O2/c14-7-3-10(12(15)11(16)4-7)13(18)17-5-8-1-2-9(6-17)19-8/h3-4,8-9H,1-2,5-6,16H2. The molecular formula is C13H14F2N2O2. The number of fused-ring (bicyclic) bond motifs is 2. The highest BCUT2D eigenvalue weighted by Crippen LogP contribution is 2.28. The number of hydrogen-bond donors (Lipinski definition) is 1. The molecule has 19 heavy (non-hydrogen) atoms. The topological polar surface area (TPSA) is 55.6 Å². The molecular weight excluding hydrogens is 254 g/mol. The lowest BCUT2D eigenvalue weighted by Crippen LogP contribution is -2.46. The Morgan fingerprint density at radius 1 is 1.26 bits per heavy atom. The second kappa shape index (κ2) is 4.45. The number of ether oxygens (including phenoxy) is 1. The van der Waals surface area contributed by atoms with E-state index < -0.39 is 17.5 Å². The predicted octanol–water partition coefficient (Wildman–Crippen LogP) is 1.55. The van der Waals surface area contributed by atoms with Gasteiger partial charge in [0.05, 0.1) is 23.5 Å². The van der Waals surface area contributed by atoms with Crippen LogP contribution < -0.4 is 5.73 Å². The lowest BCUT2D eigenvalue weighted by molar-refractivity contribution is -0.0305. The van der Waals surface area contributed by atoms with Crippen molar-refractivity contribution in [3.05, 3.63) is 29.3 Å². The summed E-state index contributed by atoms with van der Waals surface area (Å²) in [6, 6.07) is 1.76. The monoisotopic (exact) mass is 268 g/mol. The molecule has 0 aliphatic carbocycles. The van der Waals surface area contributed by atoms with Crippen molar-refractivity contribution < 1.29 is 18.3 Å². The highest BCUT2D eigenvalue weighted by molar-refractivity contribution is 5.95. The Morgan fingerprint density at radius 2 is 1.89 bits per heavy atom. The van der Waals surface area contributed by atoms with Crippen LogP contribution in [0.25, 0.3) is 0 Å². The summed E-state index contributed by atoms with van der Waals surface area (Å²) in [5.41, 5.74) is 4.69. The van der Waals surface area contributed by atoms with Gasteiger partial charge in [-0.1, -0.05) is 0 Å². The fourth-order valence-corrected chi connectivity index (χ4v) is 2.72. The second-order valence-electron chi connectivity index (χ2n) is 5.02. The number of morpholine rings is 1. The molecule has 2 fully saturated rings. The average molecular weight is 268 g/mol. The van der Waals surface area contributed by atoms with Crippen LogP contribution in [0, 0.1) is 11.6 Å². The number of nitrogens with zero attached hydrogens (tertiary/aromatic N) is 1. The molecule has 0 spiro atoms. The number of benzene rings is 1. The van der Waals surface area contributed by atoms with Crippen LogP contribution >= 0.6 is 0 Å². The van der Waals surface area contributed by atoms with E-state index in [9.17, 15) is 13.6 Å². The third-order valence-electron chi connectivity index (χ3n) is 3.63. The summed E-state index contributed by atoms with van der Waals surface area (Å²) in [7, 11) is 0. The minimum absolute atomic E-state index is 0.0108. The lowest BCUT2D eigenvalue weighted by atomic mass is 10.1. The number of carbonyl (C=O) groups is 1. The summed E-state index contributed by atoms with van der Waals surface area (Å²) < 4.78 is 32.7. The van der Waals surface area contributed by atoms with Crippen molar-refractivity contribution in [2.24, 2.45) is 0 Å². The third-order valence-corrected chi connectivity index (χ3v) is 3.63. The van der Waals surface area contributed by atoms with Crippen molar-refractivity contribution in [1.29, 1.82) is 0 Å². The number of halogens is 2. The molecule has 2 saturated heterocycles. The SMILES string of the molecule is Nc1cc(F)cc(C(=O)N2CC3CCC(C2)O3)c1F. The highest BCUT2D eigenvalue weighted by Gasteiger charge is 2.36. The van der Waals surface area contributed by atoms with E-state index in [1.807, 2.05) is 0 Å². The zero-order valence-corrected chi connectivity index (χ0v) is 10.2. The van der Waals surface area contributed by atoms with Gasteiger partial charge in [-0.15, -0.1) is 0 Å². The first kappa shape index (κ1) is 12.3. The molecule has 2 aliphatic heterocycles. The number of rotatable bonds is 1. The van der Waals surface area contributed by atoms with Crippen molar-refractivity contribution in [3.8, 4) is 0 Å². The Balaban J connectivity index is 1.88. The molecule has 1 aromatic carbocycles. The zero-order valence-electron chi connectivity index (χ0n) is 10.2. The van der Waals surface area contributed by atoms with Crippen LogP contribution in [0.2, 0.25) is 0 Å². The summed E-state index contributed by atoms with van der Waals surface area (Å²) >= 11 is 0. The van der Waals surface area contributed by atoms with Crippen LogP contribution in [0.5, 0.6) is 0 Å². The molecule has 2 bridgehead atoms. The quantitative estimate of drug-likeness (QED) is 0.786. The van der Waals surface area contributed by atoms with E-state index in [2.05, 4.69) is 0 Å². The van der Waals surface area contributed by atoms with Crippen molar-refractivity contribution in [2.75, 3.05) is 18.8 Å². The van der Waals surface area contributed by atoms with Gasteiger partial charge in [0.1, 0.15) is 5.82 Å². The minimum atomic E-state index is -0.856. The Morgan fingerprint density at radius 3 is 2.53 bits per heavy atom. The van der Waals surface area contributed by atoms with Gasteiger partial charge in [-0.3, -0.25) is 4.79 Å². The normalized spacial score (nSPS) is 25.7. The fourth-order valence-electron chi connectivity index (χ4n) is 2.72. The molecule has 2 atom stereocenters. The van der Waals surface area contributed by atoms with Crippen molar-refractivity contribution >= 4 is 11.6 Å². The average Bonchev–Trinajstić information content (AvgIpc) is 2.72. The summed E-state index contributed by atoms with van der Waals surface area (Å²) in [6.45, 7) is 0.844. The van der Waals surface area contributed by atoms with Gasteiger partial charge >= 0.3 is 0 Å². The van der Waals surface area contributed by atoms with Crippen LogP contribution in [-0.2, 0) is 4.74 Å². The van der Waals surface area contributed by atoms with Crippen molar-refractivity contribution in [3.63, 3.8) is 0 Å². The molecule has 102 valence electrons. The van der Waals surface area contributed by atoms with Crippen LogP contribution in [0.1, 0.15) is 23.2 Å². The summed E-state index contributed by atoms with van der Waals surface area (Å²) in [4.78, 5) is 13.8. The fraction of sp³-hybridized carbons (Fsp3) is 0.462. The number of nitrogens with two attached hydrogens (primary N) is 1. The summed E-state index contributed by atoms with van der Waals surface area (Å²) in [5, 5.41) is 0. The molecule has 2 unspecified atom stereocenters. The van der Waals surface area contributed by atoms with Gasteiger partial charge in [0.2, 0.25) is 0 Å². The van der Waals surface area contributed by atoms with Crippen molar-refractivity contribution in [1.82, 2.24) is 4.90 Å². The maximum Gasteiger partial charge on any atom is 0.257 e. The van der Waals surface area contributed by atoms with E-state index >= 15 is 0 Å². The molecule has 6 heteroatoms. The van der Waals surface area contributed by atoms with Crippen molar-refractivity contribution in [2.45, 2.75) is 25.0 Å². The molecule has 2 N–H and O–H groups in total. The Labute approximate surface area is 109 Å². The first-order valence-electron chi connectivity index (χ1n) is 6.24. The summed E-state index contributed by atoms with van der Waals surface area (Å²) in [6.07, 6.45) is 1.83. The van der Waals surface area contributed by atoms with Crippen LogP contribution in [0.15, 0.2) is 12.1 Å². The van der Waals surface area contributed by atoms with Crippen LogP contribution in [0.4, 0.5) is 14.5 Å². The third kappa shape index (κ3) is 2.16. The van der Waals surface area contributed by atoms with E-state index in [0.29, 0.717) is 13.1 Å². The van der Waals surface area contributed by atoms with Gasteiger partial charge in [0, 0.05) is 13.1 Å². The first-order valence-corrected chi connectivity index (χ1v) is 6.24. The van der Waals surface area contributed by atoms with Crippen LogP contribution in [0.3, 0.4) is 0 Å².